The van der Waals surface area contributed by atoms with Gasteiger partial charge in [-0.3, -0.25) is 9.78 Å². The topological polar surface area (TPSA) is 37.6 Å². The molecule has 1 aromatic heterocycles. The van der Waals surface area contributed by atoms with Gasteiger partial charge in [0.15, 0.2) is 0 Å². The molecular formula is C14H22N3O+. The second-order valence-corrected chi connectivity index (χ2v) is 5.00. The number of rotatable bonds is 3. The highest BCUT2D eigenvalue weighted by atomic mass is 16.2. The van der Waals surface area contributed by atoms with Crippen LogP contribution in [-0.2, 0) is 0 Å². The molecule has 1 N–H and O–H groups in total. The number of carbonyl (C=O) groups is 1. The highest BCUT2D eigenvalue weighted by Crippen LogP contribution is 2.03. The first-order valence-corrected chi connectivity index (χ1v) is 6.76. The predicted molar refractivity (Wildman–Crippen MR) is 70.6 cm³/mol. The van der Waals surface area contributed by atoms with Gasteiger partial charge in [0.25, 0.3) is 5.91 Å². The Morgan fingerprint density at radius 2 is 2.00 bits per heavy atom. The third-order valence-electron chi connectivity index (χ3n) is 3.93. The number of hydrogen-bond donors (Lipinski definition) is 1. The van der Waals surface area contributed by atoms with E-state index in [0.29, 0.717) is 6.04 Å². The second-order valence-electron chi connectivity index (χ2n) is 5.00. The largest absolute Gasteiger partial charge is 0.330 e. The summed E-state index contributed by atoms with van der Waals surface area (Å²) in [4.78, 5) is 19.8. The third-order valence-corrected chi connectivity index (χ3v) is 3.93. The molecule has 4 heteroatoms. The first-order chi connectivity index (χ1) is 8.72. The maximum atomic E-state index is 12.2. The average molecular weight is 248 g/mol. The van der Waals surface area contributed by atoms with E-state index in [1.165, 1.54) is 6.42 Å². The fourth-order valence-electron chi connectivity index (χ4n) is 2.46. The summed E-state index contributed by atoms with van der Waals surface area (Å²) in [7, 11) is 0. The van der Waals surface area contributed by atoms with Crippen LogP contribution in [0.1, 0.15) is 30.6 Å². The predicted octanol–water partition coefficient (Wildman–Crippen LogP) is 0.221. The summed E-state index contributed by atoms with van der Waals surface area (Å²) in [6.45, 7) is 8.36. The number of quaternary nitrogens is 1. The zero-order valence-electron chi connectivity index (χ0n) is 11.2. The maximum absolute atomic E-state index is 12.2. The van der Waals surface area contributed by atoms with Gasteiger partial charge < -0.3 is 9.80 Å². The Morgan fingerprint density at radius 3 is 2.56 bits per heavy atom. The standard InChI is InChI=1S/C14H21N3O/c1-3-12(2)16-8-10-17(11-9-16)14(18)13-4-6-15-7-5-13/h4-7,12H,3,8-11H2,1-2H3/p+1. The van der Waals surface area contributed by atoms with Gasteiger partial charge in [-0.25, -0.2) is 0 Å². The monoisotopic (exact) mass is 248 g/mol. The van der Waals surface area contributed by atoms with Crippen LogP contribution in [0, 0.1) is 0 Å². The number of nitrogens with one attached hydrogen (secondary N) is 1. The molecule has 1 amide bonds. The zero-order valence-corrected chi connectivity index (χ0v) is 11.2. The molecule has 0 aromatic carbocycles. The van der Waals surface area contributed by atoms with Gasteiger partial charge >= 0.3 is 0 Å². The minimum atomic E-state index is 0.139. The van der Waals surface area contributed by atoms with Crippen molar-refractivity contribution in [1.82, 2.24) is 9.88 Å². The van der Waals surface area contributed by atoms with E-state index < -0.39 is 0 Å². The third kappa shape index (κ3) is 2.88. The van der Waals surface area contributed by atoms with Crippen molar-refractivity contribution in [2.75, 3.05) is 26.2 Å². The number of hydrogen-bond acceptors (Lipinski definition) is 2. The van der Waals surface area contributed by atoms with Gasteiger partial charge in [0.05, 0.1) is 32.2 Å². The van der Waals surface area contributed by atoms with E-state index in [1.54, 1.807) is 29.4 Å². The smallest absolute Gasteiger partial charge is 0.254 e. The molecular weight excluding hydrogens is 226 g/mol. The molecule has 4 nitrogen and oxygen atoms in total. The molecule has 18 heavy (non-hydrogen) atoms. The van der Waals surface area contributed by atoms with Crippen molar-refractivity contribution in [3.8, 4) is 0 Å². The van der Waals surface area contributed by atoms with Crippen molar-refractivity contribution in [1.29, 1.82) is 0 Å². The van der Waals surface area contributed by atoms with Crippen LogP contribution in [0.4, 0.5) is 0 Å². The summed E-state index contributed by atoms with van der Waals surface area (Å²) in [5, 5.41) is 0. The van der Waals surface area contributed by atoms with E-state index in [0.717, 1.165) is 31.7 Å². The average Bonchev–Trinajstić information content (AvgIpc) is 2.47. The fraction of sp³-hybridized carbons (Fsp3) is 0.571. The van der Waals surface area contributed by atoms with Crippen LogP contribution in [-0.4, -0.2) is 48.0 Å². The molecule has 2 heterocycles. The minimum absolute atomic E-state index is 0.139. The number of carbonyl (C=O) groups excluding carboxylic acids is 1. The van der Waals surface area contributed by atoms with Gasteiger partial charge in [-0.05, 0) is 25.5 Å². The molecule has 1 unspecified atom stereocenters. The van der Waals surface area contributed by atoms with Gasteiger partial charge in [-0.1, -0.05) is 6.92 Å². The number of aromatic nitrogens is 1. The number of amides is 1. The number of pyridine rings is 1. The Balaban J connectivity index is 1.92. The summed E-state index contributed by atoms with van der Waals surface area (Å²) in [5.41, 5.74) is 0.747. The number of piperazine rings is 1. The van der Waals surface area contributed by atoms with Crippen molar-refractivity contribution in [2.45, 2.75) is 26.3 Å². The summed E-state index contributed by atoms with van der Waals surface area (Å²) >= 11 is 0. The fourth-order valence-corrected chi connectivity index (χ4v) is 2.46. The molecule has 1 aromatic rings. The lowest BCUT2D eigenvalue weighted by Crippen LogP contribution is -3.17. The normalized spacial score (nSPS) is 18.7. The van der Waals surface area contributed by atoms with E-state index in [1.807, 2.05) is 4.90 Å². The lowest BCUT2D eigenvalue weighted by Gasteiger charge is -2.35. The lowest BCUT2D eigenvalue weighted by molar-refractivity contribution is -0.927. The van der Waals surface area contributed by atoms with Crippen molar-refractivity contribution < 1.29 is 9.69 Å². The Hall–Kier alpha value is -1.42. The SMILES string of the molecule is CCC(C)[NH+]1CCN(C(=O)c2ccncc2)CC1. The van der Waals surface area contributed by atoms with Crippen LogP contribution in [0.5, 0.6) is 0 Å². The molecule has 0 bridgehead atoms. The first kappa shape index (κ1) is 13.0. The van der Waals surface area contributed by atoms with Crippen LogP contribution in [0.25, 0.3) is 0 Å². The molecule has 1 saturated heterocycles. The van der Waals surface area contributed by atoms with Crippen LogP contribution >= 0.6 is 0 Å². The summed E-state index contributed by atoms with van der Waals surface area (Å²) in [6.07, 6.45) is 4.55. The molecule has 0 radical (unpaired) electrons. The minimum Gasteiger partial charge on any atom is -0.330 e. The van der Waals surface area contributed by atoms with Gasteiger partial charge in [0.1, 0.15) is 0 Å². The molecule has 2 rings (SSSR count). The Labute approximate surface area is 109 Å². The first-order valence-electron chi connectivity index (χ1n) is 6.76. The Kier molecular flexibility index (Phi) is 4.31. The maximum Gasteiger partial charge on any atom is 0.254 e. The molecule has 0 aliphatic carbocycles. The molecule has 1 fully saturated rings. The molecule has 1 aliphatic rings. The van der Waals surface area contributed by atoms with Gasteiger partial charge in [-0.15, -0.1) is 0 Å². The van der Waals surface area contributed by atoms with Gasteiger partial charge in [-0.2, -0.15) is 0 Å². The van der Waals surface area contributed by atoms with Crippen molar-refractivity contribution in [2.24, 2.45) is 0 Å². The number of nitrogens with zero attached hydrogens (tertiary/aromatic N) is 2. The highest BCUT2D eigenvalue weighted by molar-refractivity contribution is 5.94. The summed E-state index contributed by atoms with van der Waals surface area (Å²) < 4.78 is 0. The van der Waals surface area contributed by atoms with Gasteiger partial charge in [0, 0.05) is 18.0 Å². The molecule has 1 atom stereocenters. The molecule has 0 spiro atoms. The van der Waals surface area contributed by atoms with Crippen LogP contribution in [0.2, 0.25) is 0 Å². The van der Waals surface area contributed by atoms with Crippen molar-refractivity contribution >= 4 is 5.91 Å². The van der Waals surface area contributed by atoms with Gasteiger partial charge in [0.2, 0.25) is 0 Å². The molecule has 1 aliphatic heterocycles. The van der Waals surface area contributed by atoms with E-state index >= 15 is 0 Å². The summed E-state index contributed by atoms with van der Waals surface area (Å²) in [6, 6.07) is 4.27. The Bertz CT molecular complexity index is 385. The van der Waals surface area contributed by atoms with Crippen LogP contribution in [0.15, 0.2) is 24.5 Å². The Morgan fingerprint density at radius 1 is 1.39 bits per heavy atom. The lowest BCUT2D eigenvalue weighted by atomic mass is 10.1. The summed E-state index contributed by atoms with van der Waals surface area (Å²) in [5.74, 6) is 0.139. The van der Waals surface area contributed by atoms with E-state index in [2.05, 4.69) is 18.8 Å². The molecule has 98 valence electrons. The quantitative estimate of drug-likeness (QED) is 0.831. The van der Waals surface area contributed by atoms with Crippen LogP contribution in [0.3, 0.4) is 0 Å². The van der Waals surface area contributed by atoms with Crippen molar-refractivity contribution in [3.63, 3.8) is 0 Å². The van der Waals surface area contributed by atoms with E-state index in [9.17, 15) is 4.79 Å². The van der Waals surface area contributed by atoms with Crippen molar-refractivity contribution in [3.05, 3.63) is 30.1 Å². The second kappa shape index (κ2) is 5.96. The molecule has 0 saturated carbocycles. The van der Waals surface area contributed by atoms with E-state index in [-0.39, 0.29) is 5.91 Å². The van der Waals surface area contributed by atoms with E-state index in [4.69, 9.17) is 0 Å². The zero-order chi connectivity index (χ0) is 13.0. The van der Waals surface area contributed by atoms with Crippen LogP contribution < -0.4 is 4.90 Å². The highest BCUT2D eigenvalue weighted by Gasteiger charge is 2.26.